The second-order valence-electron chi connectivity index (χ2n) is 8.06. The van der Waals surface area contributed by atoms with Gasteiger partial charge in [0.05, 0.1) is 41.0 Å². The SMILES string of the molecule is COc1cc(C)c(/C(O)=C2\C(=O)C(=O)N(Cc3ccccn3)C2c2ccc(Cl)c(Cl)c2)cc1C. The van der Waals surface area contributed by atoms with Crippen molar-refractivity contribution >= 4 is 40.7 Å². The van der Waals surface area contributed by atoms with Crippen LogP contribution in [-0.2, 0) is 16.1 Å². The summed E-state index contributed by atoms with van der Waals surface area (Å²) in [6.45, 7) is 3.72. The Balaban J connectivity index is 1.92. The van der Waals surface area contributed by atoms with Crippen molar-refractivity contribution in [3.63, 3.8) is 0 Å². The largest absolute Gasteiger partial charge is 0.507 e. The number of carbonyl (C=O) groups is 2. The summed E-state index contributed by atoms with van der Waals surface area (Å²) < 4.78 is 5.36. The minimum atomic E-state index is -0.876. The third kappa shape index (κ3) is 4.27. The van der Waals surface area contributed by atoms with E-state index in [4.69, 9.17) is 27.9 Å². The number of rotatable bonds is 5. The molecule has 0 radical (unpaired) electrons. The van der Waals surface area contributed by atoms with Crippen molar-refractivity contribution in [2.45, 2.75) is 26.4 Å². The zero-order valence-corrected chi connectivity index (χ0v) is 20.3. The zero-order chi connectivity index (χ0) is 24.6. The summed E-state index contributed by atoms with van der Waals surface area (Å²) in [5, 5.41) is 12.0. The molecule has 2 heterocycles. The van der Waals surface area contributed by atoms with Gasteiger partial charge in [0, 0.05) is 11.8 Å². The van der Waals surface area contributed by atoms with E-state index in [2.05, 4.69) is 4.98 Å². The maximum atomic E-state index is 13.3. The molecule has 1 fully saturated rings. The van der Waals surface area contributed by atoms with Crippen LogP contribution in [0.15, 0.2) is 60.3 Å². The van der Waals surface area contributed by atoms with Gasteiger partial charge in [0.2, 0.25) is 0 Å². The highest BCUT2D eigenvalue weighted by Crippen LogP contribution is 2.42. The van der Waals surface area contributed by atoms with Crippen molar-refractivity contribution in [3.8, 4) is 5.75 Å². The fraction of sp³-hybridized carbons (Fsp3) is 0.192. The van der Waals surface area contributed by atoms with E-state index in [1.807, 2.05) is 6.92 Å². The van der Waals surface area contributed by atoms with Crippen LogP contribution in [0.3, 0.4) is 0 Å². The number of methoxy groups -OCH3 is 1. The van der Waals surface area contributed by atoms with Gasteiger partial charge in [-0.25, -0.2) is 0 Å². The maximum Gasteiger partial charge on any atom is 0.296 e. The lowest BCUT2D eigenvalue weighted by Gasteiger charge is -2.25. The minimum Gasteiger partial charge on any atom is -0.507 e. The molecule has 2 aromatic carbocycles. The molecule has 1 aliphatic rings. The van der Waals surface area contributed by atoms with E-state index >= 15 is 0 Å². The number of ether oxygens (including phenoxy) is 1. The highest BCUT2D eigenvalue weighted by Gasteiger charge is 2.46. The third-order valence-electron chi connectivity index (χ3n) is 5.85. The summed E-state index contributed by atoms with van der Waals surface area (Å²) in [4.78, 5) is 32.1. The number of halogens is 2. The molecule has 0 saturated carbocycles. The number of hydrogen-bond donors (Lipinski definition) is 1. The lowest BCUT2D eigenvalue weighted by atomic mass is 9.93. The number of likely N-dealkylation sites (tertiary alicyclic amines) is 1. The molecular formula is C26H22Cl2N2O4. The molecule has 1 aromatic heterocycles. The first kappa shape index (κ1) is 23.8. The van der Waals surface area contributed by atoms with Crippen molar-refractivity contribution in [1.29, 1.82) is 0 Å². The van der Waals surface area contributed by atoms with Crippen molar-refractivity contribution in [2.75, 3.05) is 7.11 Å². The molecule has 4 rings (SSSR count). The molecule has 8 heteroatoms. The van der Waals surface area contributed by atoms with E-state index in [0.717, 1.165) is 5.56 Å². The number of aryl methyl sites for hydroxylation is 2. The first-order valence-corrected chi connectivity index (χ1v) is 11.3. The number of hydrogen-bond acceptors (Lipinski definition) is 5. The summed E-state index contributed by atoms with van der Waals surface area (Å²) in [7, 11) is 1.56. The molecule has 0 spiro atoms. The number of nitrogens with zero attached hydrogens (tertiary/aromatic N) is 2. The Morgan fingerprint density at radius 1 is 1.06 bits per heavy atom. The normalized spacial score (nSPS) is 17.3. The van der Waals surface area contributed by atoms with Gasteiger partial charge in [0.25, 0.3) is 11.7 Å². The van der Waals surface area contributed by atoms with Crippen LogP contribution in [0, 0.1) is 13.8 Å². The zero-order valence-electron chi connectivity index (χ0n) is 18.8. The highest BCUT2D eigenvalue weighted by molar-refractivity contribution is 6.46. The number of ketones is 1. The molecule has 1 N–H and O–H groups in total. The van der Waals surface area contributed by atoms with E-state index in [1.165, 1.54) is 4.90 Å². The van der Waals surface area contributed by atoms with Crippen LogP contribution < -0.4 is 4.74 Å². The van der Waals surface area contributed by atoms with Gasteiger partial charge in [-0.15, -0.1) is 0 Å². The second-order valence-corrected chi connectivity index (χ2v) is 8.87. The van der Waals surface area contributed by atoms with E-state index in [0.29, 0.717) is 33.2 Å². The van der Waals surface area contributed by atoms with E-state index < -0.39 is 17.7 Å². The fourth-order valence-corrected chi connectivity index (χ4v) is 4.45. The number of aliphatic hydroxyl groups excluding tert-OH is 1. The van der Waals surface area contributed by atoms with Crippen molar-refractivity contribution in [2.24, 2.45) is 0 Å². The number of amides is 1. The summed E-state index contributed by atoms with van der Waals surface area (Å²) in [5.41, 5.74) is 3.05. The molecular weight excluding hydrogens is 475 g/mol. The molecule has 6 nitrogen and oxygen atoms in total. The molecule has 174 valence electrons. The molecule has 1 atom stereocenters. The van der Waals surface area contributed by atoms with Gasteiger partial charge in [-0.2, -0.15) is 0 Å². The first-order chi connectivity index (χ1) is 16.2. The molecule has 1 amide bonds. The number of Topliss-reactive ketones (excluding diaryl/α,β-unsaturated/α-hetero) is 1. The van der Waals surface area contributed by atoms with Crippen molar-refractivity contribution in [3.05, 3.63) is 98.3 Å². The van der Waals surface area contributed by atoms with Crippen LogP contribution >= 0.6 is 23.2 Å². The Morgan fingerprint density at radius 2 is 1.82 bits per heavy atom. The Kier molecular flexibility index (Phi) is 6.64. The van der Waals surface area contributed by atoms with Gasteiger partial charge in [-0.05, 0) is 66.9 Å². The lowest BCUT2D eigenvalue weighted by molar-refractivity contribution is -0.140. The predicted octanol–water partition coefficient (Wildman–Crippen LogP) is 5.64. The smallest absolute Gasteiger partial charge is 0.296 e. The van der Waals surface area contributed by atoms with Gasteiger partial charge < -0.3 is 14.7 Å². The van der Waals surface area contributed by atoms with Crippen LogP contribution in [0.5, 0.6) is 5.75 Å². The molecule has 3 aromatic rings. The monoisotopic (exact) mass is 496 g/mol. The Labute approximate surface area is 207 Å². The maximum absolute atomic E-state index is 13.3. The summed E-state index contributed by atoms with van der Waals surface area (Å²) in [6, 6.07) is 12.9. The molecule has 0 bridgehead atoms. The van der Waals surface area contributed by atoms with Crippen LogP contribution in [0.25, 0.3) is 5.76 Å². The van der Waals surface area contributed by atoms with Crippen molar-refractivity contribution in [1.82, 2.24) is 9.88 Å². The summed E-state index contributed by atoms with van der Waals surface area (Å²) in [5.74, 6) is -1.12. The van der Waals surface area contributed by atoms with Crippen LogP contribution in [0.2, 0.25) is 10.0 Å². The Bertz CT molecular complexity index is 1320. The van der Waals surface area contributed by atoms with E-state index in [1.54, 1.807) is 68.8 Å². The van der Waals surface area contributed by atoms with Gasteiger partial charge in [-0.1, -0.05) is 35.3 Å². The Morgan fingerprint density at radius 3 is 2.47 bits per heavy atom. The van der Waals surface area contributed by atoms with Gasteiger partial charge >= 0.3 is 0 Å². The number of benzene rings is 2. The summed E-state index contributed by atoms with van der Waals surface area (Å²) in [6.07, 6.45) is 1.61. The molecule has 34 heavy (non-hydrogen) atoms. The molecule has 1 saturated heterocycles. The van der Waals surface area contributed by atoms with Crippen LogP contribution in [0.4, 0.5) is 0 Å². The molecule has 1 aliphatic heterocycles. The quantitative estimate of drug-likeness (QED) is 0.281. The number of aromatic nitrogens is 1. The Hall–Kier alpha value is -3.35. The minimum absolute atomic E-state index is 0.0213. The first-order valence-electron chi connectivity index (χ1n) is 10.5. The average molecular weight is 497 g/mol. The number of carbonyl (C=O) groups excluding carboxylic acids is 2. The standard InChI is InChI=1S/C26H22Cl2N2O4/c1-14-11-21(34-3)15(2)10-18(14)24(31)22-23(16-7-8-19(27)20(28)12-16)30(26(33)25(22)32)13-17-6-4-5-9-29-17/h4-12,23,31H,13H2,1-3H3/b24-22+. The number of pyridine rings is 1. The lowest BCUT2D eigenvalue weighted by Crippen LogP contribution is -2.29. The predicted molar refractivity (Wildman–Crippen MR) is 131 cm³/mol. The topological polar surface area (TPSA) is 79.7 Å². The third-order valence-corrected chi connectivity index (χ3v) is 6.59. The van der Waals surface area contributed by atoms with Gasteiger partial charge in [0.15, 0.2) is 0 Å². The number of aliphatic hydroxyl groups is 1. The van der Waals surface area contributed by atoms with Crippen LogP contribution in [0.1, 0.15) is 34.0 Å². The fourth-order valence-electron chi connectivity index (χ4n) is 4.15. The van der Waals surface area contributed by atoms with Gasteiger partial charge in [0.1, 0.15) is 11.5 Å². The van der Waals surface area contributed by atoms with E-state index in [-0.39, 0.29) is 22.9 Å². The molecule has 0 aliphatic carbocycles. The van der Waals surface area contributed by atoms with Crippen molar-refractivity contribution < 1.29 is 19.4 Å². The molecule has 1 unspecified atom stereocenters. The second kappa shape index (κ2) is 9.49. The van der Waals surface area contributed by atoms with E-state index in [9.17, 15) is 14.7 Å². The average Bonchev–Trinajstić information content (AvgIpc) is 3.07. The summed E-state index contributed by atoms with van der Waals surface area (Å²) >= 11 is 12.4. The van der Waals surface area contributed by atoms with Gasteiger partial charge in [-0.3, -0.25) is 14.6 Å². The van der Waals surface area contributed by atoms with Crippen LogP contribution in [-0.4, -0.2) is 33.8 Å². The highest BCUT2D eigenvalue weighted by atomic mass is 35.5.